The maximum atomic E-state index is 13.1. The Kier molecular flexibility index (Phi) is 4.13. The molecule has 1 saturated carbocycles. The number of hydrogen-bond donors (Lipinski definition) is 1. The monoisotopic (exact) mass is 342 g/mol. The summed E-state index contributed by atoms with van der Waals surface area (Å²) in [5.74, 6) is 0.194. The molecule has 25 heavy (non-hydrogen) atoms. The molecule has 3 amide bonds. The smallest absolute Gasteiger partial charge is 0.317 e. The molecule has 1 spiro atoms. The topological polar surface area (TPSA) is 65.5 Å². The van der Waals surface area contributed by atoms with E-state index in [9.17, 15) is 9.59 Å². The summed E-state index contributed by atoms with van der Waals surface area (Å²) in [5, 5.41) is 3.05. The van der Waals surface area contributed by atoms with Crippen molar-refractivity contribution in [1.82, 2.24) is 20.1 Å². The SMILES string of the molecule is Cc1cccc(CN2CC[C@@]3(CCCN(C(=O)NC4CC4)C3)C2=O)n1. The number of carbonyl (C=O) groups excluding carboxylic acids is 2. The number of amides is 3. The number of aromatic nitrogens is 1. The first-order valence-electron chi connectivity index (χ1n) is 9.33. The Morgan fingerprint density at radius 3 is 2.92 bits per heavy atom. The van der Waals surface area contributed by atoms with Gasteiger partial charge in [0.25, 0.3) is 0 Å². The van der Waals surface area contributed by atoms with Crippen LogP contribution in [0, 0.1) is 12.3 Å². The molecule has 0 aromatic carbocycles. The number of rotatable bonds is 3. The minimum Gasteiger partial charge on any atom is -0.336 e. The molecule has 4 rings (SSSR count). The minimum atomic E-state index is -0.386. The standard InChI is InChI=1S/C19H26N4O2/c1-14-4-2-5-16(20-14)12-22-11-9-19(17(22)24)8-3-10-23(13-19)18(25)21-15-6-7-15/h2,4-5,15H,3,6-13H2,1H3,(H,21,25)/t19-/m1/s1. The van der Waals surface area contributed by atoms with Crippen LogP contribution in [0.5, 0.6) is 0 Å². The molecule has 0 bridgehead atoms. The van der Waals surface area contributed by atoms with Crippen LogP contribution in [-0.2, 0) is 11.3 Å². The van der Waals surface area contributed by atoms with E-state index in [-0.39, 0.29) is 17.4 Å². The molecule has 1 aliphatic carbocycles. The van der Waals surface area contributed by atoms with Gasteiger partial charge in [-0.05, 0) is 51.2 Å². The Hall–Kier alpha value is -2.11. The van der Waals surface area contributed by atoms with Gasteiger partial charge in [0.05, 0.1) is 17.7 Å². The fourth-order valence-corrected chi connectivity index (χ4v) is 4.10. The van der Waals surface area contributed by atoms with Crippen molar-refractivity contribution in [3.8, 4) is 0 Å². The van der Waals surface area contributed by atoms with E-state index in [0.29, 0.717) is 19.1 Å². The predicted octanol–water partition coefficient (Wildman–Crippen LogP) is 2.08. The maximum Gasteiger partial charge on any atom is 0.317 e. The van der Waals surface area contributed by atoms with Crippen LogP contribution in [0.15, 0.2) is 18.2 Å². The highest BCUT2D eigenvalue weighted by atomic mass is 16.2. The molecule has 0 radical (unpaired) electrons. The van der Waals surface area contributed by atoms with Crippen molar-refractivity contribution in [1.29, 1.82) is 0 Å². The number of nitrogens with one attached hydrogen (secondary N) is 1. The fraction of sp³-hybridized carbons (Fsp3) is 0.632. The second-order valence-corrected chi connectivity index (χ2v) is 7.78. The van der Waals surface area contributed by atoms with Crippen LogP contribution < -0.4 is 5.32 Å². The van der Waals surface area contributed by atoms with Crippen molar-refractivity contribution in [2.45, 2.75) is 51.6 Å². The lowest BCUT2D eigenvalue weighted by molar-refractivity contribution is -0.138. The average molecular weight is 342 g/mol. The molecule has 2 aliphatic heterocycles. The van der Waals surface area contributed by atoms with E-state index in [0.717, 1.165) is 56.6 Å². The quantitative estimate of drug-likeness (QED) is 0.914. The summed E-state index contributed by atoms with van der Waals surface area (Å²) in [6.45, 7) is 4.60. The first-order valence-corrected chi connectivity index (χ1v) is 9.33. The van der Waals surface area contributed by atoms with Gasteiger partial charge in [-0.2, -0.15) is 0 Å². The van der Waals surface area contributed by atoms with Gasteiger partial charge in [0.2, 0.25) is 5.91 Å². The van der Waals surface area contributed by atoms with Crippen LogP contribution in [0.25, 0.3) is 0 Å². The van der Waals surface area contributed by atoms with Crippen molar-refractivity contribution in [2.24, 2.45) is 5.41 Å². The van der Waals surface area contributed by atoms with Crippen LogP contribution in [0.2, 0.25) is 0 Å². The van der Waals surface area contributed by atoms with Gasteiger partial charge in [0.15, 0.2) is 0 Å². The first kappa shape index (κ1) is 16.4. The number of nitrogens with zero attached hydrogens (tertiary/aromatic N) is 3. The zero-order chi connectivity index (χ0) is 17.4. The zero-order valence-corrected chi connectivity index (χ0v) is 14.8. The molecule has 1 atom stereocenters. The Bertz CT molecular complexity index is 688. The molecule has 1 aromatic heterocycles. The third-order valence-corrected chi connectivity index (χ3v) is 5.67. The van der Waals surface area contributed by atoms with Gasteiger partial charge in [-0.1, -0.05) is 6.07 Å². The number of carbonyl (C=O) groups is 2. The molecule has 3 heterocycles. The van der Waals surface area contributed by atoms with E-state index in [1.807, 2.05) is 34.9 Å². The number of urea groups is 1. The summed E-state index contributed by atoms with van der Waals surface area (Å²) in [7, 11) is 0. The lowest BCUT2D eigenvalue weighted by atomic mass is 9.78. The highest BCUT2D eigenvalue weighted by Gasteiger charge is 2.49. The highest BCUT2D eigenvalue weighted by molar-refractivity contribution is 5.86. The molecular formula is C19H26N4O2. The van der Waals surface area contributed by atoms with Crippen LogP contribution in [0.1, 0.15) is 43.5 Å². The van der Waals surface area contributed by atoms with Crippen LogP contribution in [-0.4, -0.2) is 52.4 Å². The molecule has 1 aromatic rings. The van der Waals surface area contributed by atoms with E-state index in [1.165, 1.54) is 0 Å². The Balaban J connectivity index is 1.43. The van der Waals surface area contributed by atoms with Crippen LogP contribution in [0.3, 0.4) is 0 Å². The molecular weight excluding hydrogens is 316 g/mol. The van der Waals surface area contributed by atoms with Gasteiger partial charge in [0.1, 0.15) is 0 Å². The summed E-state index contributed by atoms with van der Waals surface area (Å²) in [6, 6.07) is 6.29. The predicted molar refractivity (Wildman–Crippen MR) is 93.8 cm³/mol. The highest BCUT2D eigenvalue weighted by Crippen LogP contribution is 2.40. The zero-order valence-electron chi connectivity index (χ0n) is 14.8. The second kappa shape index (κ2) is 6.32. The normalized spacial score (nSPS) is 26.4. The van der Waals surface area contributed by atoms with Crippen molar-refractivity contribution in [3.63, 3.8) is 0 Å². The molecule has 6 nitrogen and oxygen atoms in total. The summed E-state index contributed by atoms with van der Waals surface area (Å²) in [4.78, 5) is 33.8. The third kappa shape index (κ3) is 3.34. The van der Waals surface area contributed by atoms with Crippen LogP contribution >= 0.6 is 0 Å². The third-order valence-electron chi connectivity index (χ3n) is 5.67. The molecule has 1 N–H and O–H groups in total. The lowest BCUT2D eigenvalue weighted by Crippen LogP contribution is -2.52. The van der Waals surface area contributed by atoms with Crippen LogP contribution in [0.4, 0.5) is 4.79 Å². The molecule has 2 saturated heterocycles. The van der Waals surface area contributed by atoms with Crippen molar-refractivity contribution in [3.05, 3.63) is 29.6 Å². The first-order chi connectivity index (χ1) is 12.1. The van der Waals surface area contributed by atoms with E-state index in [1.54, 1.807) is 0 Å². The van der Waals surface area contributed by atoms with Gasteiger partial charge in [-0.15, -0.1) is 0 Å². The Morgan fingerprint density at radius 1 is 1.32 bits per heavy atom. The summed E-state index contributed by atoms with van der Waals surface area (Å²) in [5.41, 5.74) is 1.52. The fourth-order valence-electron chi connectivity index (χ4n) is 4.10. The second-order valence-electron chi connectivity index (χ2n) is 7.78. The van der Waals surface area contributed by atoms with Gasteiger partial charge >= 0.3 is 6.03 Å². The van der Waals surface area contributed by atoms with Crippen molar-refractivity contribution < 1.29 is 9.59 Å². The summed E-state index contributed by atoms with van der Waals surface area (Å²) in [6.07, 6.45) is 4.80. The number of piperidine rings is 1. The summed E-state index contributed by atoms with van der Waals surface area (Å²) >= 11 is 0. The van der Waals surface area contributed by atoms with Crippen molar-refractivity contribution in [2.75, 3.05) is 19.6 Å². The van der Waals surface area contributed by atoms with E-state index in [2.05, 4.69) is 10.3 Å². The largest absolute Gasteiger partial charge is 0.336 e. The number of pyridine rings is 1. The van der Waals surface area contributed by atoms with E-state index < -0.39 is 0 Å². The molecule has 3 fully saturated rings. The van der Waals surface area contributed by atoms with Gasteiger partial charge in [-0.25, -0.2) is 4.79 Å². The molecule has 6 heteroatoms. The Labute approximate surface area is 148 Å². The summed E-state index contributed by atoms with van der Waals surface area (Å²) < 4.78 is 0. The lowest BCUT2D eigenvalue weighted by Gasteiger charge is -2.39. The molecule has 3 aliphatic rings. The van der Waals surface area contributed by atoms with Crippen molar-refractivity contribution >= 4 is 11.9 Å². The number of likely N-dealkylation sites (tertiary alicyclic amines) is 2. The van der Waals surface area contributed by atoms with E-state index >= 15 is 0 Å². The van der Waals surface area contributed by atoms with E-state index in [4.69, 9.17) is 0 Å². The number of hydrogen-bond acceptors (Lipinski definition) is 3. The van der Waals surface area contributed by atoms with Gasteiger partial charge in [-0.3, -0.25) is 9.78 Å². The average Bonchev–Trinajstić information content (AvgIpc) is 3.37. The maximum absolute atomic E-state index is 13.1. The van der Waals surface area contributed by atoms with Gasteiger partial charge < -0.3 is 15.1 Å². The molecule has 0 unspecified atom stereocenters. The molecule has 134 valence electrons. The minimum absolute atomic E-state index is 0.00757. The number of aryl methyl sites for hydroxylation is 1. The van der Waals surface area contributed by atoms with Gasteiger partial charge in [0, 0.05) is 31.4 Å². The Morgan fingerprint density at radius 2 is 2.16 bits per heavy atom.